The molecule has 0 aromatic rings. The lowest BCUT2D eigenvalue weighted by Crippen LogP contribution is -2.53. The van der Waals surface area contributed by atoms with Crippen molar-refractivity contribution in [3.8, 4) is 0 Å². The van der Waals surface area contributed by atoms with Gasteiger partial charge in [0.05, 0.1) is 0 Å². The van der Waals surface area contributed by atoms with E-state index in [4.69, 9.17) is 0 Å². The van der Waals surface area contributed by atoms with Crippen LogP contribution in [-0.2, 0) is 0 Å². The van der Waals surface area contributed by atoms with E-state index in [-0.39, 0.29) is 0 Å². The van der Waals surface area contributed by atoms with Gasteiger partial charge >= 0.3 is 0 Å². The molecule has 5 unspecified atom stereocenters. The largest absolute Gasteiger partial charge is 0.317 e. The molecule has 0 aromatic carbocycles. The van der Waals surface area contributed by atoms with Crippen LogP contribution in [0.1, 0.15) is 52.9 Å². The molecule has 0 amide bonds. The zero-order chi connectivity index (χ0) is 13.1. The number of rotatable bonds is 3. The Morgan fingerprint density at radius 2 is 1.89 bits per heavy atom. The van der Waals surface area contributed by atoms with Crippen molar-refractivity contribution in [2.45, 2.75) is 65.0 Å². The molecular formula is C16H32N2. The SMILES string of the molecule is CNC1CCN(CC2CCCC(C)C2)C(C)C1C. The molecule has 0 bridgehead atoms. The third-order valence-electron chi connectivity index (χ3n) is 5.61. The molecule has 1 heterocycles. The summed E-state index contributed by atoms with van der Waals surface area (Å²) in [6, 6.07) is 1.47. The van der Waals surface area contributed by atoms with Crippen molar-refractivity contribution in [3.05, 3.63) is 0 Å². The highest BCUT2D eigenvalue weighted by molar-refractivity contribution is 4.89. The summed E-state index contributed by atoms with van der Waals surface area (Å²) >= 11 is 0. The summed E-state index contributed by atoms with van der Waals surface area (Å²) in [5.41, 5.74) is 0. The second-order valence-electron chi connectivity index (χ2n) is 6.92. The predicted molar refractivity (Wildman–Crippen MR) is 78.8 cm³/mol. The lowest BCUT2D eigenvalue weighted by atomic mass is 9.80. The van der Waals surface area contributed by atoms with Gasteiger partial charge in [-0.3, -0.25) is 0 Å². The third kappa shape index (κ3) is 3.27. The maximum atomic E-state index is 3.49. The first-order valence-corrected chi connectivity index (χ1v) is 8.03. The molecule has 2 fully saturated rings. The van der Waals surface area contributed by atoms with Gasteiger partial charge in [-0.1, -0.05) is 26.7 Å². The van der Waals surface area contributed by atoms with Gasteiger partial charge in [-0.2, -0.15) is 0 Å². The fraction of sp³-hybridized carbons (Fsp3) is 1.00. The highest BCUT2D eigenvalue weighted by Gasteiger charge is 2.33. The van der Waals surface area contributed by atoms with E-state index in [0.717, 1.165) is 29.8 Å². The van der Waals surface area contributed by atoms with Gasteiger partial charge in [0.15, 0.2) is 0 Å². The fourth-order valence-corrected chi connectivity index (χ4v) is 4.16. The summed E-state index contributed by atoms with van der Waals surface area (Å²) in [5, 5.41) is 3.49. The lowest BCUT2D eigenvalue weighted by molar-refractivity contribution is 0.0618. The lowest BCUT2D eigenvalue weighted by Gasteiger charge is -2.44. The van der Waals surface area contributed by atoms with Crippen molar-refractivity contribution in [1.82, 2.24) is 10.2 Å². The Hall–Kier alpha value is -0.0800. The molecular weight excluding hydrogens is 220 g/mol. The second kappa shape index (κ2) is 6.38. The number of hydrogen-bond donors (Lipinski definition) is 1. The Kier molecular flexibility index (Phi) is 5.08. The minimum Gasteiger partial charge on any atom is -0.317 e. The van der Waals surface area contributed by atoms with Crippen LogP contribution < -0.4 is 5.32 Å². The van der Waals surface area contributed by atoms with Gasteiger partial charge in [-0.05, 0) is 57.5 Å². The van der Waals surface area contributed by atoms with Gasteiger partial charge in [0.1, 0.15) is 0 Å². The topological polar surface area (TPSA) is 15.3 Å². The van der Waals surface area contributed by atoms with Crippen LogP contribution in [-0.4, -0.2) is 37.1 Å². The normalized spacial score (nSPS) is 43.0. The summed E-state index contributed by atoms with van der Waals surface area (Å²) in [4.78, 5) is 2.77. The van der Waals surface area contributed by atoms with E-state index in [1.807, 2.05) is 0 Å². The monoisotopic (exact) mass is 252 g/mol. The number of likely N-dealkylation sites (tertiary alicyclic amines) is 1. The van der Waals surface area contributed by atoms with Crippen LogP contribution in [0.25, 0.3) is 0 Å². The Balaban J connectivity index is 1.86. The Morgan fingerprint density at radius 3 is 2.56 bits per heavy atom. The zero-order valence-electron chi connectivity index (χ0n) is 12.8. The van der Waals surface area contributed by atoms with Crippen molar-refractivity contribution in [2.75, 3.05) is 20.1 Å². The van der Waals surface area contributed by atoms with Gasteiger partial charge in [0.2, 0.25) is 0 Å². The van der Waals surface area contributed by atoms with Gasteiger partial charge < -0.3 is 10.2 Å². The van der Waals surface area contributed by atoms with Gasteiger partial charge in [0.25, 0.3) is 0 Å². The molecule has 106 valence electrons. The molecule has 1 aliphatic heterocycles. The minimum atomic E-state index is 0.724. The number of nitrogens with one attached hydrogen (secondary N) is 1. The fourth-order valence-electron chi connectivity index (χ4n) is 4.16. The van der Waals surface area contributed by atoms with Crippen LogP contribution in [0.5, 0.6) is 0 Å². The molecule has 0 radical (unpaired) electrons. The maximum absolute atomic E-state index is 3.49. The molecule has 5 atom stereocenters. The van der Waals surface area contributed by atoms with E-state index in [0.29, 0.717) is 0 Å². The summed E-state index contributed by atoms with van der Waals surface area (Å²) in [6.45, 7) is 9.93. The molecule has 1 saturated heterocycles. The Morgan fingerprint density at radius 1 is 1.11 bits per heavy atom. The number of piperidine rings is 1. The van der Waals surface area contributed by atoms with Crippen molar-refractivity contribution < 1.29 is 0 Å². The average molecular weight is 252 g/mol. The summed E-state index contributed by atoms with van der Waals surface area (Å²) < 4.78 is 0. The zero-order valence-corrected chi connectivity index (χ0v) is 12.8. The van der Waals surface area contributed by atoms with Crippen LogP contribution in [0.15, 0.2) is 0 Å². The first-order valence-electron chi connectivity index (χ1n) is 8.03. The van der Waals surface area contributed by atoms with E-state index in [1.54, 1.807) is 0 Å². The first-order chi connectivity index (χ1) is 8.61. The average Bonchev–Trinajstić information content (AvgIpc) is 2.35. The number of nitrogens with zero attached hydrogens (tertiary/aromatic N) is 1. The van der Waals surface area contributed by atoms with Gasteiger partial charge in [-0.15, -0.1) is 0 Å². The quantitative estimate of drug-likeness (QED) is 0.830. The van der Waals surface area contributed by atoms with E-state index >= 15 is 0 Å². The van der Waals surface area contributed by atoms with Gasteiger partial charge in [0, 0.05) is 18.6 Å². The molecule has 2 aliphatic rings. The van der Waals surface area contributed by atoms with Crippen LogP contribution in [0.3, 0.4) is 0 Å². The van der Waals surface area contributed by atoms with Crippen molar-refractivity contribution in [3.63, 3.8) is 0 Å². The van der Waals surface area contributed by atoms with Crippen LogP contribution in [0.2, 0.25) is 0 Å². The summed E-state index contributed by atoms with van der Waals surface area (Å²) in [6.07, 6.45) is 7.18. The predicted octanol–water partition coefficient (Wildman–Crippen LogP) is 3.13. The molecule has 18 heavy (non-hydrogen) atoms. The third-order valence-corrected chi connectivity index (χ3v) is 5.61. The molecule has 2 rings (SSSR count). The van der Waals surface area contributed by atoms with E-state index in [9.17, 15) is 0 Å². The van der Waals surface area contributed by atoms with Crippen molar-refractivity contribution >= 4 is 0 Å². The second-order valence-corrected chi connectivity index (χ2v) is 6.92. The smallest absolute Gasteiger partial charge is 0.0117 e. The minimum absolute atomic E-state index is 0.724. The molecule has 1 saturated carbocycles. The van der Waals surface area contributed by atoms with E-state index in [1.165, 1.54) is 45.2 Å². The summed E-state index contributed by atoms with van der Waals surface area (Å²) in [5.74, 6) is 2.71. The van der Waals surface area contributed by atoms with Crippen molar-refractivity contribution in [2.24, 2.45) is 17.8 Å². The highest BCUT2D eigenvalue weighted by atomic mass is 15.2. The van der Waals surface area contributed by atoms with Crippen LogP contribution in [0.4, 0.5) is 0 Å². The molecule has 2 nitrogen and oxygen atoms in total. The van der Waals surface area contributed by atoms with E-state index in [2.05, 4.69) is 38.0 Å². The Labute approximate surface area is 114 Å². The Bertz CT molecular complexity index is 253. The maximum Gasteiger partial charge on any atom is 0.0117 e. The molecule has 0 spiro atoms. The molecule has 2 heteroatoms. The number of hydrogen-bond acceptors (Lipinski definition) is 2. The van der Waals surface area contributed by atoms with E-state index < -0.39 is 0 Å². The molecule has 0 aromatic heterocycles. The van der Waals surface area contributed by atoms with Crippen LogP contribution >= 0.6 is 0 Å². The van der Waals surface area contributed by atoms with Crippen LogP contribution in [0, 0.1) is 17.8 Å². The van der Waals surface area contributed by atoms with Gasteiger partial charge in [-0.25, -0.2) is 0 Å². The molecule has 1 aliphatic carbocycles. The standard InChI is InChI=1S/C16H32N2/c1-12-6-5-7-15(10-12)11-18-9-8-16(17-4)13(2)14(18)3/h12-17H,5-11H2,1-4H3. The van der Waals surface area contributed by atoms with Crippen molar-refractivity contribution in [1.29, 1.82) is 0 Å². The molecule has 1 N–H and O–H groups in total. The first kappa shape index (κ1) is 14.3. The highest BCUT2D eigenvalue weighted by Crippen LogP contribution is 2.31. The summed E-state index contributed by atoms with van der Waals surface area (Å²) in [7, 11) is 2.12.